The molecule has 0 rings (SSSR count). The van der Waals surface area contributed by atoms with Crippen LogP contribution in [0.25, 0.3) is 0 Å². The van der Waals surface area contributed by atoms with Crippen LogP contribution in [-0.2, 0) is 4.84 Å². The van der Waals surface area contributed by atoms with Gasteiger partial charge in [-0.05, 0) is 12.8 Å². The van der Waals surface area contributed by atoms with E-state index in [2.05, 4.69) is 13.8 Å². The highest BCUT2D eigenvalue weighted by Crippen LogP contribution is 2.10. The van der Waals surface area contributed by atoms with Crippen LogP contribution < -0.4 is 0 Å². The summed E-state index contributed by atoms with van der Waals surface area (Å²) in [6.45, 7) is 6.39. The van der Waals surface area contributed by atoms with E-state index in [4.69, 9.17) is 4.84 Å². The summed E-state index contributed by atoms with van der Waals surface area (Å²) in [4.78, 5) is 5.59. The average Bonchev–Trinajstić information content (AvgIpc) is 2.36. The van der Waals surface area contributed by atoms with E-state index in [1.807, 2.05) is 12.1 Å². The van der Waals surface area contributed by atoms with Crippen LogP contribution in [0.3, 0.4) is 0 Å². The van der Waals surface area contributed by atoms with Crippen molar-refractivity contribution in [2.45, 2.75) is 84.5 Å². The molecule has 0 aliphatic heterocycles. The molecule has 0 radical (unpaired) electrons. The fourth-order valence-corrected chi connectivity index (χ4v) is 2.19. The van der Waals surface area contributed by atoms with Crippen molar-refractivity contribution in [1.29, 1.82) is 0 Å². The number of rotatable bonds is 14. The summed E-state index contributed by atoms with van der Waals surface area (Å²) >= 11 is 0. The van der Waals surface area contributed by atoms with Gasteiger partial charge in [0.25, 0.3) is 0 Å². The summed E-state index contributed by atoms with van der Waals surface area (Å²) in [6, 6.07) is 0. The Morgan fingerprint density at radius 2 is 1.17 bits per heavy atom. The standard InChI is InChI=1S/C16H35NO/c1-4-6-7-8-9-10-11-12-13-14-16-18-17(3)15-5-2/h4-16H2,1-3H3. The number of hydrogen-bond donors (Lipinski definition) is 0. The molecular formula is C16H35NO. The molecule has 0 saturated carbocycles. The average molecular weight is 257 g/mol. The predicted octanol–water partition coefficient (Wildman–Crippen LogP) is 5.18. The van der Waals surface area contributed by atoms with Gasteiger partial charge in [-0.3, -0.25) is 4.84 Å². The van der Waals surface area contributed by atoms with Crippen molar-refractivity contribution in [3.8, 4) is 0 Å². The minimum atomic E-state index is 0.896. The molecule has 110 valence electrons. The van der Waals surface area contributed by atoms with E-state index >= 15 is 0 Å². The molecule has 0 N–H and O–H groups in total. The van der Waals surface area contributed by atoms with Gasteiger partial charge in [-0.25, -0.2) is 0 Å². The van der Waals surface area contributed by atoms with E-state index in [-0.39, 0.29) is 0 Å². The molecule has 2 nitrogen and oxygen atoms in total. The molecule has 0 aromatic rings. The van der Waals surface area contributed by atoms with Gasteiger partial charge in [0, 0.05) is 13.6 Å². The maximum absolute atomic E-state index is 5.59. The maximum Gasteiger partial charge on any atom is 0.0684 e. The molecule has 0 aliphatic rings. The number of hydrogen-bond acceptors (Lipinski definition) is 2. The van der Waals surface area contributed by atoms with Crippen LogP contribution in [0.15, 0.2) is 0 Å². The fraction of sp³-hybridized carbons (Fsp3) is 1.00. The SMILES string of the molecule is CCCCCCCCCCCCON(C)CCC. The Kier molecular flexibility index (Phi) is 14.9. The van der Waals surface area contributed by atoms with Crippen LogP contribution in [0, 0.1) is 0 Å². The second kappa shape index (κ2) is 15.0. The van der Waals surface area contributed by atoms with Crippen LogP contribution in [0.2, 0.25) is 0 Å². The summed E-state index contributed by atoms with van der Waals surface area (Å²) in [7, 11) is 2.03. The molecule has 0 unspecified atom stereocenters. The second-order valence-electron chi connectivity index (χ2n) is 5.37. The summed E-state index contributed by atoms with van der Waals surface area (Å²) in [5.74, 6) is 0. The van der Waals surface area contributed by atoms with Gasteiger partial charge in [0.2, 0.25) is 0 Å². The highest BCUT2D eigenvalue weighted by Gasteiger charge is 1.96. The van der Waals surface area contributed by atoms with Gasteiger partial charge in [0.05, 0.1) is 6.61 Å². The van der Waals surface area contributed by atoms with E-state index in [9.17, 15) is 0 Å². The molecule has 0 fully saturated rings. The van der Waals surface area contributed by atoms with Gasteiger partial charge in [-0.15, -0.1) is 0 Å². The van der Waals surface area contributed by atoms with E-state index in [1.165, 1.54) is 64.2 Å². The lowest BCUT2D eigenvalue weighted by Gasteiger charge is -2.15. The quantitative estimate of drug-likeness (QED) is 0.314. The molecule has 0 aromatic heterocycles. The van der Waals surface area contributed by atoms with Gasteiger partial charge in [-0.1, -0.05) is 71.6 Å². The summed E-state index contributed by atoms with van der Waals surface area (Å²) < 4.78 is 0. The minimum absolute atomic E-state index is 0.896. The molecule has 0 bridgehead atoms. The largest absolute Gasteiger partial charge is 0.299 e. The van der Waals surface area contributed by atoms with Crippen LogP contribution in [-0.4, -0.2) is 25.3 Å². The molecule has 0 spiro atoms. The predicted molar refractivity (Wildman–Crippen MR) is 80.7 cm³/mol. The third kappa shape index (κ3) is 14.0. The summed E-state index contributed by atoms with van der Waals surface area (Å²) in [5, 5.41) is 1.97. The van der Waals surface area contributed by atoms with E-state index in [0.717, 1.165) is 19.6 Å². The minimum Gasteiger partial charge on any atom is -0.299 e. The van der Waals surface area contributed by atoms with Crippen molar-refractivity contribution in [3.63, 3.8) is 0 Å². The first-order valence-electron chi connectivity index (χ1n) is 8.15. The Balaban J connectivity index is 2.98. The topological polar surface area (TPSA) is 12.5 Å². The van der Waals surface area contributed by atoms with E-state index in [1.54, 1.807) is 0 Å². The Hall–Kier alpha value is -0.0800. The Bertz CT molecular complexity index is 150. The molecule has 0 amide bonds. The summed E-state index contributed by atoms with van der Waals surface area (Å²) in [5.41, 5.74) is 0. The molecular weight excluding hydrogens is 222 g/mol. The molecule has 0 saturated heterocycles. The highest BCUT2D eigenvalue weighted by atomic mass is 16.7. The fourth-order valence-electron chi connectivity index (χ4n) is 2.19. The smallest absolute Gasteiger partial charge is 0.0684 e. The normalized spacial score (nSPS) is 11.3. The third-order valence-corrected chi connectivity index (χ3v) is 3.35. The van der Waals surface area contributed by atoms with Crippen LogP contribution in [0.5, 0.6) is 0 Å². The van der Waals surface area contributed by atoms with Gasteiger partial charge < -0.3 is 0 Å². The van der Waals surface area contributed by atoms with Crippen molar-refractivity contribution in [2.24, 2.45) is 0 Å². The first-order valence-corrected chi connectivity index (χ1v) is 8.15. The Labute approximate surface area is 115 Å². The zero-order chi connectivity index (χ0) is 13.5. The molecule has 18 heavy (non-hydrogen) atoms. The highest BCUT2D eigenvalue weighted by molar-refractivity contribution is 4.47. The number of unbranched alkanes of at least 4 members (excludes halogenated alkanes) is 9. The van der Waals surface area contributed by atoms with Crippen LogP contribution >= 0.6 is 0 Å². The van der Waals surface area contributed by atoms with Crippen molar-refractivity contribution in [2.75, 3.05) is 20.2 Å². The second-order valence-corrected chi connectivity index (χ2v) is 5.37. The lowest BCUT2D eigenvalue weighted by molar-refractivity contribution is -0.140. The number of hydroxylamine groups is 2. The van der Waals surface area contributed by atoms with Crippen molar-refractivity contribution < 1.29 is 4.84 Å². The molecule has 0 heterocycles. The van der Waals surface area contributed by atoms with E-state index in [0.29, 0.717) is 0 Å². The first kappa shape index (κ1) is 17.9. The van der Waals surface area contributed by atoms with Gasteiger partial charge in [0.15, 0.2) is 0 Å². The molecule has 0 aromatic carbocycles. The first-order chi connectivity index (χ1) is 8.81. The Morgan fingerprint density at radius 3 is 1.67 bits per heavy atom. The van der Waals surface area contributed by atoms with Crippen molar-refractivity contribution >= 4 is 0 Å². The van der Waals surface area contributed by atoms with Gasteiger partial charge >= 0.3 is 0 Å². The van der Waals surface area contributed by atoms with Gasteiger partial charge in [-0.2, -0.15) is 5.06 Å². The summed E-state index contributed by atoms with van der Waals surface area (Å²) in [6.07, 6.45) is 15.0. The van der Waals surface area contributed by atoms with Crippen molar-refractivity contribution in [3.05, 3.63) is 0 Å². The van der Waals surface area contributed by atoms with Crippen LogP contribution in [0.4, 0.5) is 0 Å². The molecule has 2 heteroatoms. The van der Waals surface area contributed by atoms with Crippen LogP contribution in [0.1, 0.15) is 84.5 Å². The zero-order valence-electron chi connectivity index (χ0n) is 13.0. The Morgan fingerprint density at radius 1 is 0.667 bits per heavy atom. The maximum atomic E-state index is 5.59. The lowest BCUT2D eigenvalue weighted by Crippen LogP contribution is -2.20. The zero-order valence-corrected chi connectivity index (χ0v) is 13.0. The third-order valence-electron chi connectivity index (χ3n) is 3.35. The monoisotopic (exact) mass is 257 g/mol. The lowest BCUT2D eigenvalue weighted by atomic mass is 10.1. The van der Waals surface area contributed by atoms with Gasteiger partial charge in [0.1, 0.15) is 0 Å². The number of nitrogens with zero attached hydrogens (tertiary/aromatic N) is 1. The van der Waals surface area contributed by atoms with E-state index < -0.39 is 0 Å². The van der Waals surface area contributed by atoms with Crippen molar-refractivity contribution in [1.82, 2.24) is 5.06 Å². The molecule has 0 atom stereocenters. The molecule has 0 aliphatic carbocycles.